The zero-order valence-corrected chi connectivity index (χ0v) is 11.1. The number of anilines is 1. The predicted octanol–water partition coefficient (Wildman–Crippen LogP) is 2.77. The standard InChI is InChI=1S/C10H12N4OS2/c1-3-11-7-6-8(14-9(13-7)16-2)17-10-12-4-5-15-10/h4-6H,3H2,1-2H3,(H,11,13,14). The van der Waals surface area contributed by atoms with Crippen LogP contribution in [0.25, 0.3) is 0 Å². The number of hydrogen-bond acceptors (Lipinski definition) is 7. The molecule has 7 heteroatoms. The summed E-state index contributed by atoms with van der Waals surface area (Å²) in [6.07, 6.45) is 5.11. The van der Waals surface area contributed by atoms with Gasteiger partial charge in [-0.2, -0.15) is 0 Å². The first kappa shape index (κ1) is 12.3. The van der Waals surface area contributed by atoms with Crippen LogP contribution in [0.15, 0.2) is 38.3 Å². The van der Waals surface area contributed by atoms with Gasteiger partial charge in [0, 0.05) is 12.6 Å². The maximum Gasteiger partial charge on any atom is 0.261 e. The molecule has 0 atom stereocenters. The summed E-state index contributed by atoms with van der Waals surface area (Å²) in [6.45, 7) is 2.86. The number of thioether (sulfide) groups is 1. The molecule has 0 aliphatic heterocycles. The third-order valence-electron chi connectivity index (χ3n) is 1.82. The van der Waals surface area contributed by atoms with Gasteiger partial charge in [0.05, 0.1) is 6.20 Å². The van der Waals surface area contributed by atoms with E-state index in [-0.39, 0.29) is 0 Å². The highest BCUT2D eigenvalue weighted by Crippen LogP contribution is 2.27. The van der Waals surface area contributed by atoms with E-state index >= 15 is 0 Å². The summed E-state index contributed by atoms with van der Waals surface area (Å²) in [5, 5.41) is 5.31. The first-order valence-electron chi connectivity index (χ1n) is 5.06. The minimum Gasteiger partial charge on any atom is -0.440 e. The van der Waals surface area contributed by atoms with Crippen molar-refractivity contribution in [1.29, 1.82) is 0 Å². The highest BCUT2D eigenvalue weighted by molar-refractivity contribution is 7.99. The largest absolute Gasteiger partial charge is 0.440 e. The van der Waals surface area contributed by atoms with Crippen LogP contribution in [0.1, 0.15) is 6.92 Å². The van der Waals surface area contributed by atoms with Gasteiger partial charge in [0.15, 0.2) is 5.16 Å². The molecule has 2 aromatic rings. The van der Waals surface area contributed by atoms with Gasteiger partial charge in [-0.3, -0.25) is 0 Å². The Morgan fingerprint density at radius 3 is 2.94 bits per heavy atom. The van der Waals surface area contributed by atoms with E-state index < -0.39 is 0 Å². The van der Waals surface area contributed by atoms with Crippen LogP contribution in [-0.2, 0) is 0 Å². The van der Waals surface area contributed by atoms with Crippen LogP contribution in [0.5, 0.6) is 0 Å². The monoisotopic (exact) mass is 268 g/mol. The third kappa shape index (κ3) is 3.37. The molecule has 2 heterocycles. The van der Waals surface area contributed by atoms with E-state index in [0.717, 1.165) is 22.5 Å². The van der Waals surface area contributed by atoms with Crippen molar-refractivity contribution in [3.63, 3.8) is 0 Å². The van der Waals surface area contributed by atoms with Crippen LogP contribution in [-0.4, -0.2) is 27.8 Å². The molecule has 0 saturated carbocycles. The minimum atomic E-state index is 0.582. The van der Waals surface area contributed by atoms with E-state index in [0.29, 0.717) is 5.22 Å². The smallest absolute Gasteiger partial charge is 0.261 e. The first-order chi connectivity index (χ1) is 8.31. The number of aromatic nitrogens is 3. The number of nitrogens with zero attached hydrogens (tertiary/aromatic N) is 3. The fraction of sp³-hybridized carbons (Fsp3) is 0.300. The normalized spacial score (nSPS) is 10.5. The molecule has 0 aliphatic carbocycles. The minimum absolute atomic E-state index is 0.582. The molecule has 0 spiro atoms. The summed E-state index contributed by atoms with van der Waals surface area (Å²) in [7, 11) is 0. The quantitative estimate of drug-likeness (QED) is 0.508. The molecule has 17 heavy (non-hydrogen) atoms. The van der Waals surface area contributed by atoms with Crippen LogP contribution < -0.4 is 5.32 Å². The molecule has 5 nitrogen and oxygen atoms in total. The number of oxazole rings is 1. The fourth-order valence-corrected chi connectivity index (χ4v) is 2.31. The second-order valence-corrected chi connectivity index (χ2v) is 4.75. The topological polar surface area (TPSA) is 63.8 Å². The van der Waals surface area contributed by atoms with Gasteiger partial charge in [-0.25, -0.2) is 15.0 Å². The summed E-state index contributed by atoms with van der Waals surface area (Å²) in [5.74, 6) is 0.820. The Bertz CT molecular complexity index is 475. The Balaban J connectivity index is 2.23. The highest BCUT2D eigenvalue weighted by Gasteiger charge is 2.07. The maximum absolute atomic E-state index is 5.18. The summed E-state index contributed by atoms with van der Waals surface area (Å²) >= 11 is 2.89. The molecule has 0 bridgehead atoms. The predicted molar refractivity (Wildman–Crippen MR) is 68.6 cm³/mol. The van der Waals surface area contributed by atoms with Crippen molar-refractivity contribution < 1.29 is 4.42 Å². The molecule has 0 aromatic carbocycles. The lowest BCUT2D eigenvalue weighted by molar-refractivity contribution is 0.454. The molecule has 0 aliphatic rings. The lowest BCUT2D eigenvalue weighted by Crippen LogP contribution is -2.01. The van der Waals surface area contributed by atoms with Crippen LogP contribution >= 0.6 is 23.5 Å². The lowest BCUT2D eigenvalue weighted by atomic mass is 10.5. The van der Waals surface area contributed by atoms with E-state index in [1.54, 1.807) is 12.5 Å². The molecule has 1 N–H and O–H groups in total. The Hall–Kier alpha value is -1.21. The van der Waals surface area contributed by atoms with Gasteiger partial charge in [0.25, 0.3) is 5.22 Å². The van der Waals surface area contributed by atoms with Gasteiger partial charge in [0.1, 0.15) is 17.1 Å². The molecular weight excluding hydrogens is 256 g/mol. The summed E-state index contributed by atoms with van der Waals surface area (Å²) in [6, 6.07) is 1.89. The van der Waals surface area contributed by atoms with Crippen LogP contribution in [0.3, 0.4) is 0 Å². The van der Waals surface area contributed by atoms with E-state index in [2.05, 4.69) is 20.3 Å². The van der Waals surface area contributed by atoms with E-state index in [1.807, 2.05) is 19.2 Å². The molecule has 0 unspecified atom stereocenters. The third-order valence-corrected chi connectivity index (χ3v) is 3.17. The van der Waals surface area contributed by atoms with Gasteiger partial charge in [-0.05, 0) is 24.9 Å². The molecule has 0 fully saturated rings. The zero-order chi connectivity index (χ0) is 12.1. The average Bonchev–Trinajstić information content (AvgIpc) is 2.82. The van der Waals surface area contributed by atoms with Gasteiger partial charge in [0.2, 0.25) is 0 Å². The second-order valence-electron chi connectivity index (χ2n) is 3.01. The Labute approximate surface area is 108 Å². The van der Waals surface area contributed by atoms with Gasteiger partial charge in [-0.1, -0.05) is 11.8 Å². The molecular formula is C10H12N4OS2. The Kier molecular flexibility index (Phi) is 4.27. The van der Waals surface area contributed by atoms with Gasteiger partial charge < -0.3 is 9.73 Å². The maximum atomic E-state index is 5.18. The SMILES string of the molecule is CCNc1cc(Sc2ncco2)nc(SC)n1. The Morgan fingerprint density at radius 1 is 1.41 bits per heavy atom. The average molecular weight is 268 g/mol. The molecule has 2 rings (SSSR count). The van der Waals surface area contributed by atoms with Crippen LogP contribution in [0.2, 0.25) is 0 Å². The lowest BCUT2D eigenvalue weighted by Gasteiger charge is -2.05. The fourth-order valence-electron chi connectivity index (χ4n) is 1.17. The van der Waals surface area contributed by atoms with E-state index in [4.69, 9.17) is 4.42 Å². The summed E-state index contributed by atoms with van der Waals surface area (Å²) in [5.41, 5.74) is 0. The molecule has 0 saturated heterocycles. The van der Waals surface area contributed by atoms with E-state index in [9.17, 15) is 0 Å². The van der Waals surface area contributed by atoms with Gasteiger partial charge >= 0.3 is 0 Å². The Morgan fingerprint density at radius 2 is 2.29 bits per heavy atom. The van der Waals surface area contributed by atoms with E-state index in [1.165, 1.54) is 23.5 Å². The number of rotatable bonds is 5. The second kappa shape index (κ2) is 5.92. The molecule has 0 radical (unpaired) electrons. The van der Waals surface area contributed by atoms with Crippen molar-refractivity contribution in [2.75, 3.05) is 18.1 Å². The molecule has 2 aromatic heterocycles. The van der Waals surface area contributed by atoms with Crippen molar-refractivity contribution in [1.82, 2.24) is 15.0 Å². The zero-order valence-electron chi connectivity index (χ0n) is 9.51. The first-order valence-corrected chi connectivity index (χ1v) is 7.10. The summed E-state index contributed by atoms with van der Waals surface area (Å²) in [4.78, 5) is 12.8. The van der Waals surface area contributed by atoms with Crippen LogP contribution in [0, 0.1) is 0 Å². The van der Waals surface area contributed by atoms with Crippen molar-refractivity contribution in [2.24, 2.45) is 0 Å². The van der Waals surface area contributed by atoms with Crippen molar-refractivity contribution in [3.8, 4) is 0 Å². The van der Waals surface area contributed by atoms with Crippen molar-refractivity contribution >= 4 is 29.3 Å². The number of hydrogen-bond donors (Lipinski definition) is 1. The van der Waals surface area contributed by atoms with Crippen molar-refractivity contribution in [2.45, 2.75) is 22.3 Å². The molecule has 90 valence electrons. The van der Waals surface area contributed by atoms with Crippen molar-refractivity contribution in [3.05, 3.63) is 18.5 Å². The summed E-state index contributed by atoms with van der Waals surface area (Å²) < 4.78 is 5.18. The number of nitrogens with one attached hydrogen (secondary N) is 1. The van der Waals surface area contributed by atoms with Crippen LogP contribution in [0.4, 0.5) is 5.82 Å². The van der Waals surface area contributed by atoms with Gasteiger partial charge in [-0.15, -0.1) is 0 Å². The highest BCUT2D eigenvalue weighted by atomic mass is 32.2. The molecule has 0 amide bonds.